The molecule has 0 bridgehead atoms. The number of ether oxygens (including phenoxy) is 2. The number of rotatable bonds is 11. The van der Waals surface area contributed by atoms with Gasteiger partial charge < -0.3 is 14.4 Å². The van der Waals surface area contributed by atoms with Crippen LogP contribution in [0.5, 0.6) is 5.88 Å². The maximum atomic E-state index is 13.7. The number of nitrogens with one attached hydrogen (secondary N) is 1. The second-order valence-corrected chi connectivity index (χ2v) is 12.1. The molecule has 12 heteroatoms. The zero-order chi connectivity index (χ0) is 26.3. The molecule has 1 amide bonds. The van der Waals surface area contributed by atoms with Crippen molar-refractivity contribution >= 4 is 28.2 Å². The van der Waals surface area contributed by atoms with E-state index in [0.717, 1.165) is 12.3 Å². The summed E-state index contributed by atoms with van der Waals surface area (Å²) < 4.78 is 36.4. The van der Waals surface area contributed by atoms with E-state index in [0.29, 0.717) is 50.0 Å². The van der Waals surface area contributed by atoms with E-state index < -0.39 is 20.5 Å². The molecule has 2 aromatic rings. The first kappa shape index (κ1) is 30.2. The zero-order valence-corrected chi connectivity index (χ0v) is 23.3. The predicted octanol–water partition coefficient (Wildman–Crippen LogP) is 3.28. The van der Waals surface area contributed by atoms with Crippen LogP contribution in [0.4, 0.5) is 0 Å². The Kier molecular flexibility index (Phi) is 10.9. The van der Waals surface area contributed by atoms with Crippen LogP contribution in [-0.2, 0) is 19.4 Å². The second kappa shape index (κ2) is 13.7. The Labute approximate surface area is 230 Å². The topological polar surface area (TPSA) is 131 Å². The number of hydroxylamine groups is 1. The van der Waals surface area contributed by atoms with Crippen LogP contribution in [0.2, 0.25) is 0 Å². The highest BCUT2D eigenvalue weighted by atomic mass is 35.5. The van der Waals surface area contributed by atoms with Gasteiger partial charge in [-0.1, -0.05) is 37.8 Å². The maximum absolute atomic E-state index is 13.7. The van der Waals surface area contributed by atoms with E-state index in [2.05, 4.69) is 9.97 Å². The average molecular weight is 569 g/mol. The molecule has 210 valence electrons. The third-order valence-electron chi connectivity index (χ3n) is 7.64. The first-order chi connectivity index (χ1) is 17.9. The van der Waals surface area contributed by atoms with Crippen molar-refractivity contribution in [1.82, 2.24) is 20.3 Å². The molecule has 0 radical (unpaired) electrons. The van der Waals surface area contributed by atoms with Crippen molar-refractivity contribution in [3.8, 4) is 17.1 Å². The SMILES string of the molecule is COCCN1CCC(C(=O)NO)(S(=O)(=O)c2ccc(-c3cnc(OCCC4CCCC4)cn3)cc2)CC1.Cl. The number of carbonyl (C=O) groups excluding carboxylic acids is 1. The second-order valence-electron chi connectivity index (χ2n) is 9.82. The van der Waals surface area contributed by atoms with Crippen LogP contribution in [0.1, 0.15) is 44.9 Å². The number of benzene rings is 1. The van der Waals surface area contributed by atoms with Crippen LogP contribution >= 0.6 is 12.4 Å². The first-order valence-corrected chi connectivity index (χ1v) is 14.3. The fourth-order valence-corrected chi connectivity index (χ4v) is 7.23. The number of hydrogen-bond donors (Lipinski definition) is 2. The van der Waals surface area contributed by atoms with Crippen molar-refractivity contribution in [1.29, 1.82) is 0 Å². The summed E-state index contributed by atoms with van der Waals surface area (Å²) in [7, 11) is -2.48. The Morgan fingerprint density at radius 1 is 1.11 bits per heavy atom. The summed E-state index contributed by atoms with van der Waals surface area (Å²) >= 11 is 0. The minimum Gasteiger partial charge on any atom is -0.477 e. The van der Waals surface area contributed by atoms with Gasteiger partial charge in [0.1, 0.15) is 0 Å². The fraction of sp³-hybridized carbons (Fsp3) is 0.577. The van der Waals surface area contributed by atoms with Gasteiger partial charge in [-0.2, -0.15) is 0 Å². The number of hydrogen-bond acceptors (Lipinski definition) is 9. The quantitative estimate of drug-likeness (QED) is 0.309. The molecule has 2 heterocycles. The number of likely N-dealkylation sites (tertiary alicyclic amines) is 1. The van der Waals surface area contributed by atoms with Crippen molar-refractivity contribution in [2.24, 2.45) is 5.92 Å². The molecule has 1 aliphatic heterocycles. The van der Waals surface area contributed by atoms with E-state index in [1.54, 1.807) is 37.1 Å². The third kappa shape index (κ3) is 6.63. The highest BCUT2D eigenvalue weighted by Gasteiger charge is 2.52. The summed E-state index contributed by atoms with van der Waals surface area (Å²) in [6.07, 6.45) is 9.51. The van der Waals surface area contributed by atoms with Gasteiger partial charge in [0.05, 0.1) is 36.2 Å². The lowest BCUT2D eigenvalue weighted by atomic mass is 9.95. The number of amides is 1. The van der Waals surface area contributed by atoms with E-state index >= 15 is 0 Å². The smallest absolute Gasteiger partial charge is 0.265 e. The molecular weight excluding hydrogens is 532 g/mol. The Bertz CT molecular complexity index is 1130. The summed E-state index contributed by atoms with van der Waals surface area (Å²) in [6, 6.07) is 6.25. The average Bonchev–Trinajstić information content (AvgIpc) is 3.46. The molecule has 1 aromatic heterocycles. The van der Waals surface area contributed by atoms with Crippen molar-refractivity contribution in [2.45, 2.75) is 54.6 Å². The standard InChI is InChI=1S/C26H36N4O6S.ClH/c1-35-17-15-30-13-11-26(12-14-30,25(31)29-32)37(33,34)22-8-6-21(7-9-22)23-18-28-24(19-27-23)36-16-10-20-4-2-3-5-20;/h6-9,18-20,32H,2-5,10-17H2,1H3,(H,29,31);1H. The molecular formula is C26H37ClN4O6S. The third-order valence-corrected chi connectivity index (χ3v) is 10.2. The molecule has 1 saturated heterocycles. The Hall–Kier alpha value is -2.31. The molecule has 0 atom stereocenters. The van der Waals surface area contributed by atoms with E-state index in [9.17, 15) is 18.4 Å². The van der Waals surface area contributed by atoms with Gasteiger partial charge in [0.25, 0.3) is 5.91 Å². The van der Waals surface area contributed by atoms with Crippen LogP contribution in [0.3, 0.4) is 0 Å². The molecule has 10 nitrogen and oxygen atoms in total. The van der Waals surface area contributed by atoms with Crippen molar-refractivity contribution in [3.05, 3.63) is 36.7 Å². The summed E-state index contributed by atoms with van der Waals surface area (Å²) in [5, 5.41) is 9.37. The molecule has 1 saturated carbocycles. The maximum Gasteiger partial charge on any atom is 0.265 e. The lowest BCUT2D eigenvalue weighted by Crippen LogP contribution is -2.58. The van der Waals surface area contributed by atoms with Gasteiger partial charge in [-0.3, -0.25) is 10.0 Å². The monoisotopic (exact) mass is 568 g/mol. The van der Waals surface area contributed by atoms with Gasteiger partial charge in [-0.25, -0.2) is 23.9 Å². The van der Waals surface area contributed by atoms with E-state index in [1.165, 1.54) is 37.8 Å². The van der Waals surface area contributed by atoms with Crippen molar-refractivity contribution in [3.63, 3.8) is 0 Å². The number of nitrogens with zero attached hydrogens (tertiary/aromatic N) is 3. The van der Waals surface area contributed by atoms with Crippen LogP contribution in [0.25, 0.3) is 11.3 Å². The summed E-state index contributed by atoms with van der Waals surface area (Å²) in [4.78, 5) is 23.5. The molecule has 2 aliphatic rings. The fourth-order valence-electron chi connectivity index (χ4n) is 5.28. The number of halogens is 1. The van der Waals surface area contributed by atoms with Gasteiger partial charge in [0.15, 0.2) is 14.6 Å². The molecule has 4 rings (SSSR count). The number of piperidine rings is 1. The highest BCUT2D eigenvalue weighted by molar-refractivity contribution is 7.93. The largest absolute Gasteiger partial charge is 0.477 e. The lowest BCUT2D eigenvalue weighted by Gasteiger charge is -2.39. The summed E-state index contributed by atoms with van der Waals surface area (Å²) in [6.45, 7) is 2.59. The number of methoxy groups -OCH3 is 1. The zero-order valence-electron chi connectivity index (χ0n) is 21.7. The van der Waals surface area contributed by atoms with Crippen LogP contribution in [0, 0.1) is 5.92 Å². The van der Waals surface area contributed by atoms with Gasteiger partial charge in [-0.15, -0.1) is 12.4 Å². The van der Waals surface area contributed by atoms with Crippen molar-refractivity contribution in [2.75, 3.05) is 40.0 Å². The van der Waals surface area contributed by atoms with Crippen molar-refractivity contribution < 1.29 is 27.9 Å². The number of sulfone groups is 1. The van der Waals surface area contributed by atoms with E-state index in [4.69, 9.17) is 9.47 Å². The van der Waals surface area contributed by atoms with Crippen LogP contribution in [0.15, 0.2) is 41.6 Å². The molecule has 1 aliphatic carbocycles. The first-order valence-electron chi connectivity index (χ1n) is 12.9. The van der Waals surface area contributed by atoms with Gasteiger partial charge in [-0.05, 0) is 37.3 Å². The molecule has 1 aromatic carbocycles. The van der Waals surface area contributed by atoms with Gasteiger partial charge >= 0.3 is 0 Å². The number of carbonyl (C=O) groups is 1. The van der Waals surface area contributed by atoms with Crippen LogP contribution in [-0.4, -0.2) is 79.1 Å². The molecule has 38 heavy (non-hydrogen) atoms. The number of aromatic nitrogens is 2. The minimum atomic E-state index is -4.09. The summed E-state index contributed by atoms with van der Waals surface area (Å²) in [5.74, 6) is 0.305. The van der Waals surface area contributed by atoms with Gasteiger partial charge in [0, 0.05) is 32.3 Å². The highest BCUT2D eigenvalue weighted by Crippen LogP contribution is 2.36. The normalized spacial score (nSPS) is 18.1. The molecule has 0 unspecified atom stereocenters. The Morgan fingerprint density at radius 3 is 2.37 bits per heavy atom. The molecule has 2 fully saturated rings. The lowest BCUT2D eigenvalue weighted by molar-refractivity contribution is -0.133. The van der Waals surface area contributed by atoms with E-state index in [-0.39, 0.29) is 30.1 Å². The van der Waals surface area contributed by atoms with E-state index in [1.807, 2.05) is 4.90 Å². The molecule has 2 N–H and O–H groups in total. The Balaban J connectivity index is 0.00000400. The Morgan fingerprint density at radius 2 is 1.79 bits per heavy atom. The predicted molar refractivity (Wildman–Crippen MR) is 144 cm³/mol. The minimum absolute atomic E-state index is 0. The molecule has 0 spiro atoms. The van der Waals surface area contributed by atoms with Crippen LogP contribution < -0.4 is 10.2 Å². The summed E-state index contributed by atoms with van der Waals surface area (Å²) in [5.41, 5.74) is 2.87. The van der Waals surface area contributed by atoms with Gasteiger partial charge in [0.2, 0.25) is 5.88 Å².